The minimum atomic E-state index is -0.438. The van der Waals surface area contributed by atoms with E-state index in [1.165, 1.54) is 17.8 Å². The zero-order chi connectivity index (χ0) is 18.0. The number of carbonyl (C=O) groups excluding carboxylic acids is 1. The van der Waals surface area contributed by atoms with E-state index in [4.69, 9.17) is 23.8 Å². The third-order valence-electron chi connectivity index (χ3n) is 3.16. The first kappa shape index (κ1) is 17.9. The molecule has 1 saturated heterocycles. The van der Waals surface area contributed by atoms with Crippen LogP contribution in [0.15, 0.2) is 57.2 Å². The van der Waals surface area contributed by atoms with E-state index in [0.717, 1.165) is 16.7 Å². The van der Waals surface area contributed by atoms with E-state index in [-0.39, 0.29) is 11.6 Å². The van der Waals surface area contributed by atoms with Gasteiger partial charge in [-0.1, -0.05) is 53.4 Å². The van der Waals surface area contributed by atoms with Gasteiger partial charge in [0.15, 0.2) is 0 Å². The van der Waals surface area contributed by atoms with Crippen LogP contribution in [0.25, 0.3) is 6.08 Å². The predicted molar refractivity (Wildman–Crippen MR) is 105 cm³/mol. The minimum absolute atomic E-state index is 0.0275. The first-order valence-corrected chi connectivity index (χ1v) is 9.31. The van der Waals surface area contributed by atoms with Crippen LogP contribution in [0.3, 0.4) is 0 Å². The maximum atomic E-state index is 11.7. The summed E-state index contributed by atoms with van der Waals surface area (Å²) in [6, 6.07) is 11.9. The van der Waals surface area contributed by atoms with Gasteiger partial charge in [-0.05, 0) is 42.0 Å². The quantitative estimate of drug-likeness (QED) is 0.336. The standard InChI is InChI=1S/C16H9ClN2O3S3/c17-10-2-4-11(5-3-10)24-13-6-1-9(7-12(13)19(21)22)8-14-15(20)18-16(23)25-14/h1-8H,(H,18,20,23)/b14-8+. The molecule has 3 rings (SSSR count). The number of nitro benzene ring substituents is 1. The summed E-state index contributed by atoms with van der Waals surface area (Å²) in [5.41, 5.74) is 0.537. The van der Waals surface area contributed by atoms with Crippen LogP contribution in [0.4, 0.5) is 5.69 Å². The van der Waals surface area contributed by atoms with E-state index in [0.29, 0.717) is 24.7 Å². The molecule has 0 aromatic heterocycles. The zero-order valence-electron chi connectivity index (χ0n) is 12.4. The summed E-state index contributed by atoms with van der Waals surface area (Å²) >= 11 is 13.2. The monoisotopic (exact) mass is 408 g/mol. The van der Waals surface area contributed by atoms with Gasteiger partial charge in [-0.15, -0.1) is 0 Å². The van der Waals surface area contributed by atoms with Crippen molar-refractivity contribution in [2.45, 2.75) is 9.79 Å². The molecular formula is C16H9ClN2O3S3. The van der Waals surface area contributed by atoms with Gasteiger partial charge >= 0.3 is 0 Å². The smallest absolute Gasteiger partial charge is 0.283 e. The van der Waals surface area contributed by atoms with Crippen molar-refractivity contribution in [2.24, 2.45) is 0 Å². The van der Waals surface area contributed by atoms with E-state index in [1.807, 2.05) is 0 Å². The summed E-state index contributed by atoms with van der Waals surface area (Å²) in [7, 11) is 0. The van der Waals surface area contributed by atoms with E-state index in [2.05, 4.69) is 5.32 Å². The van der Waals surface area contributed by atoms with Crippen molar-refractivity contribution < 1.29 is 9.72 Å². The number of hydrogen-bond donors (Lipinski definition) is 1. The summed E-state index contributed by atoms with van der Waals surface area (Å²) in [5, 5.41) is 14.5. The van der Waals surface area contributed by atoms with Crippen LogP contribution in [0, 0.1) is 10.1 Å². The van der Waals surface area contributed by atoms with Crippen LogP contribution in [0.2, 0.25) is 5.02 Å². The largest absolute Gasteiger partial charge is 0.307 e. The molecule has 1 fully saturated rings. The number of nitrogens with zero attached hydrogens (tertiary/aromatic N) is 1. The van der Waals surface area contributed by atoms with Gasteiger partial charge in [-0.2, -0.15) is 0 Å². The van der Waals surface area contributed by atoms with Gasteiger partial charge in [-0.3, -0.25) is 14.9 Å². The Hall–Kier alpha value is -1.87. The zero-order valence-corrected chi connectivity index (χ0v) is 15.6. The molecule has 1 aliphatic heterocycles. The topological polar surface area (TPSA) is 72.2 Å². The molecule has 0 radical (unpaired) electrons. The van der Waals surface area contributed by atoms with Crippen molar-refractivity contribution >= 4 is 69.3 Å². The van der Waals surface area contributed by atoms with Crippen LogP contribution in [0.1, 0.15) is 5.56 Å². The number of halogens is 1. The van der Waals surface area contributed by atoms with Gasteiger partial charge in [0.1, 0.15) is 4.32 Å². The number of amides is 1. The van der Waals surface area contributed by atoms with Crippen molar-refractivity contribution in [1.29, 1.82) is 0 Å². The average Bonchev–Trinajstić information content (AvgIpc) is 2.88. The molecule has 0 unspecified atom stereocenters. The lowest BCUT2D eigenvalue weighted by atomic mass is 10.2. The number of thioether (sulfide) groups is 1. The first-order valence-electron chi connectivity index (χ1n) is 6.89. The van der Waals surface area contributed by atoms with E-state index < -0.39 is 4.92 Å². The molecule has 0 atom stereocenters. The van der Waals surface area contributed by atoms with Crippen molar-refractivity contribution in [2.75, 3.05) is 0 Å². The van der Waals surface area contributed by atoms with Crippen molar-refractivity contribution in [3.63, 3.8) is 0 Å². The Morgan fingerprint density at radius 2 is 1.96 bits per heavy atom. The van der Waals surface area contributed by atoms with Crippen LogP contribution < -0.4 is 5.32 Å². The molecule has 1 N–H and O–H groups in total. The highest BCUT2D eigenvalue weighted by atomic mass is 35.5. The Bertz CT molecular complexity index is 913. The van der Waals surface area contributed by atoms with Gasteiger partial charge in [0, 0.05) is 16.0 Å². The minimum Gasteiger partial charge on any atom is -0.307 e. The fraction of sp³-hybridized carbons (Fsp3) is 0. The van der Waals surface area contributed by atoms with E-state index >= 15 is 0 Å². The second kappa shape index (κ2) is 7.57. The van der Waals surface area contributed by atoms with Crippen LogP contribution in [0.5, 0.6) is 0 Å². The lowest BCUT2D eigenvalue weighted by molar-refractivity contribution is -0.387. The fourth-order valence-electron chi connectivity index (χ4n) is 2.06. The SMILES string of the molecule is O=C1NC(=S)S/C1=C/c1ccc(Sc2ccc(Cl)cc2)c([N+](=O)[O-])c1. The second-order valence-corrected chi connectivity index (χ2v) is 8.16. The Morgan fingerprint density at radius 1 is 1.24 bits per heavy atom. The second-order valence-electron chi connectivity index (χ2n) is 4.89. The molecule has 1 amide bonds. The molecule has 126 valence electrons. The number of carbonyl (C=O) groups is 1. The Labute approximate surface area is 162 Å². The van der Waals surface area contributed by atoms with Gasteiger partial charge in [0.25, 0.3) is 11.6 Å². The maximum absolute atomic E-state index is 11.7. The molecular weight excluding hydrogens is 400 g/mol. The van der Waals surface area contributed by atoms with E-state index in [9.17, 15) is 14.9 Å². The summed E-state index contributed by atoms with van der Waals surface area (Å²) in [6.07, 6.45) is 1.59. The lowest BCUT2D eigenvalue weighted by Crippen LogP contribution is -2.17. The summed E-state index contributed by atoms with van der Waals surface area (Å²) in [6.45, 7) is 0. The van der Waals surface area contributed by atoms with Crippen molar-refractivity contribution in [3.8, 4) is 0 Å². The number of benzene rings is 2. The Balaban J connectivity index is 1.92. The Morgan fingerprint density at radius 3 is 2.56 bits per heavy atom. The van der Waals surface area contributed by atoms with Crippen molar-refractivity contribution in [1.82, 2.24) is 5.32 Å². The van der Waals surface area contributed by atoms with Gasteiger partial charge in [0.05, 0.1) is 14.7 Å². The fourth-order valence-corrected chi connectivity index (χ4v) is 4.13. The molecule has 0 saturated carbocycles. The van der Waals surface area contributed by atoms with Gasteiger partial charge in [-0.25, -0.2) is 0 Å². The van der Waals surface area contributed by atoms with Crippen LogP contribution in [-0.4, -0.2) is 15.2 Å². The predicted octanol–water partition coefficient (Wildman–Crippen LogP) is 4.89. The highest BCUT2D eigenvalue weighted by molar-refractivity contribution is 8.26. The molecule has 2 aromatic rings. The van der Waals surface area contributed by atoms with Gasteiger partial charge in [0.2, 0.25) is 0 Å². The molecule has 0 bridgehead atoms. The maximum Gasteiger partial charge on any atom is 0.283 e. The number of nitrogens with one attached hydrogen (secondary N) is 1. The molecule has 25 heavy (non-hydrogen) atoms. The van der Waals surface area contributed by atoms with E-state index in [1.54, 1.807) is 42.5 Å². The highest BCUT2D eigenvalue weighted by Crippen LogP contribution is 2.36. The lowest BCUT2D eigenvalue weighted by Gasteiger charge is -2.05. The molecule has 1 aliphatic rings. The molecule has 5 nitrogen and oxygen atoms in total. The van der Waals surface area contributed by atoms with Crippen LogP contribution in [-0.2, 0) is 4.79 Å². The number of hydrogen-bond acceptors (Lipinski definition) is 6. The van der Waals surface area contributed by atoms with Gasteiger partial charge < -0.3 is 5.32 Å². The van der Waals surface area contributed by atoms with Crippen molar-refractivity contribution in [3.05, 3.63) is 68.1 Å². The summed E-state index contributed by atoms with van der Waals surface area (Å²) in [5.74, 6) is -0.294. The normalized spacial score (nSPS) is 15.5. The number of rotatable bonds is 4. The van der Waals surface area contributed by atoms with Crippen LogP contribution >= 0.6 is 47.3 Å². The highest BCUT2D eigenvalue weighted by Gasteiger charge is 2.23. The molecule has 1 heterocycles. The molecule has 2 aromatic carbocycles. The summed E-state index contributed by atoms with van der Waals surface area (Å²) in [4.78, 5) is 24.5. The molecule has 0 spiro atoms. The molecule has 9 heteroatoms. The molecule has 0 aliphatic carbocycles. The third kappa shape index (κ3) is 4.40. The third-order valence-corrected chi connectivity index (χ3v) is 5.65. The summed E-state index contributed by atoms with van der Waals surface area (Å²) < 4.78 is 0.376. The number of nitro groups is 1. The average molecular weight is 409 g/mol. The number of thiocarbonyl (C=S) groups is 1. The first-order chi connectivity index (χ1) is 11.9. The Kier molecular flexibility index (Phi) is 5.43.